The Balaban J connectivity index is 1.41. The number of carbonyl (C=O) groups excluding carboxylic acids is 1. The van der Waals surface area contributed by atoms with Gasteiger partial charge in [0, 0.05) is 38.9 Å². The molecule has 4 rings (SSSR count). The monoisotopic (exact) mass is 417 g/mol. The van der Waals surface area contributed by atoms with E-state index in [1.54, 1.807) is 0 Å². The predicted octanol–water partition coefficient (Wildman–Crippen LogP) is 4.20. The van der Waals surface area contributed by atoms with Crippen LogP contribution in [0.3, 0.4) is 0 Å². The van der Waals surface area contributed by atoms with E-state index in [0.717, 1.165) is 43.0 Å². The third kappa shape index (κ3) is 5.12. The van der Waals surface area contributed by atoms with Gasteiger partial charge in [-0.15, -0.1) is 0 Å². The Bertz CT molecular complexity index is 931. The molecule has 1 saturated heterocycles. The van der Waals surface area contributed by atoms with Crippen LogP contribution in [0.5, 0.6) is 0 Å². The number of piperazine rings is 1. The normalized spacial score (nSPS) is 14.6. The second-order valence-electron chi connectivity index (χ2n) is 7.97. The number of carbonyl (C=O) groups is 1. The number of amides is 1. The number of hydrogen-bond donors (Lipinski definition) is 0. The molecule has 0 atom stereocenters. The van der Waals surface area contributed by atoms with Gasteiger partial charge in [0.1, 0.15) is 5.82 Å². The predicted molar refractivity (Wildman–Crippen MR) is 123 cm³/mol. The van der Waals surface area contributed by atoms with Crippen LogP contribution in [0, 0.1) is 5.82 Å². The molecule has 0 N–H and O–H groups in total. The van der Waals surface area contributed by atoms with Crippen molar-refractivity contribution in [2.24, 2.45) is 0 Å². The van der Waals surface area contributed by atoms with Crippen molar-refractivity contribution in [3.63, 3.8) is 0 Å². The van der Waals surface area contributed by atoms with E-state index in [0.29, 0.717) is 6.54 Å². The number of halogens is 1. The largest absolute Gasteiger partial charge is 0.369 e. The van der Waals surface area contributed by atoms with E-state index in [4.69, 9.17) is 0 Å². The number of likely N-dealkylation sites (N-methyl/N-ethyl adjacent to an activating group) is 1. The molecule has 0 unspecified atom stereocenters. The molecular formula is C26H28FN3O. The Labute approximate surface area is 183 Å². The minimum atomic E-state index is -0.220. The number of hydrogen-bond acceptors (Lipinski definition) is 3. The van der Waals surface area contributed by atoms with Crippen LogP contribution in [0.4, 0.5) is 10.1 Å². The van der Waals surface area contributed by atoms with Gasteiger partial charge in [-0.05, 0) is 35.4 Å². The summed E-state index contributed by atoms with van der Waals surface area (Å²) < 4.78 is 13.2. The zero-order valence-corrected chi connectivity index (χ0v) is 17.8. The molecule has 1 fully saturated rings. The van der Waals surface area contributed by atoms with Gasteiger partial charge in [0.15, 0.2) is 0 Å². The molecule has 0 aromatic heterocycles. The van der Waals surface area contributed by atoms with E-state index in [1.165, 1.54) is 12.1 Å². The summed E-state index contributed by atoms with van der Waals surface area (Å²) >= 11 is 0. The first-order chi connectivity index (χ1) is 15.1. The molecule has 5 heteroatoms. The summed E-state index contributed by atoms with van der Waals surface area (Å²) in [4.78, 5) is 19.5. The third-order valence-electron chi connectivity index (χ3n) is 5.93. The second kappa shape index (κ2) is 9.75. The highest BCUT2D eigenvalue weighted by Gasteiger charge is 2.26. The van der Waals surface area contributed by atoms with Crippen molar-refractivity contribution in [1.29, 1.82) is 0 Å². The molecule has 160 valence electrons. The summed E-state index contributed by atoms with van der Waals surface area (Å²) in [5, 5.41) is 0. The van der Waals surface area contributed by atoms with Gasteiger partial charge < -0.3 is 9.80 Å². The Hall–Kier alpha value is -3.18. The van der Waals surface area contributed by atoms with Gasteiger partial charge in [0.2, 0.25) is 5.91 Å². The van der Waals surface area contributed by atoms with Gasteiger partial charge >= 0.3 is 0 Å². The molecule has 3 aromatic rings. The molecule has 1 amide bonds. The summed E-state index contributed by atoms with van der Waals surface area (Å²) in [5.74, 6) is -0.115. The molecule has 0 radical (unpaired) electrons. The van der Waals surface area contributed by atoms with Crippen LogP contribution in [0.1, 0.15) is 17.2 Å². The summed E-state index contributed by atoms with van der Waals surface area (Å²) in [7, 11) is 1.89. The van der Waals surface area contributed by atoms with E-state index in [-0.39, 0.29) is 17.8 Å². The first-order valence-corrected chi connectivity index (χ1v) is 10.7. The lowest BCUT2D eigenvalue weighted by Gasteiger charge is -2.37. The fraction of sp³-hybridized carbons (Fsp3) is 0.269. The van der Waals surface area contributed by atoms with Crippen LogP contribution < -0.4 is 4.90 Å². The molecule has 0 spiro atoms. The average molecular weight is 418 g/mol. The van der Waals surface area contributed by atoms with Gasteiger partial charge in [-0.25, -0.2) is 4.39 Å². The summed E-state index contributed by atoms with van der Waals surface area (Å²) in [6.45, 7) is 3.65. The molecular weight excluding hydrogens is 389 g/mol. The summed E-state index contributed by atoms with van der Waals surface area (Å²) in [6.07, 6.45) is 0. The van der Waals surface area contributed by atoms with Crippen molar-refractivity contribution in [1.82, 2.24) is 9.80 Å². The van der Waals surface area contributed by atoms with Crippen molar-refractivity contribution < 1.29 is 9.18 Å². The van der Waals surface area contributed by atoms with Gasteiger partial charge in [-0.3, -0.25) is 9.69 Å². The molecule has 1 heterocycles. The quantitative estimate of drug-likeness (QED) is 0.602. The zero-order chi connectivity index (χ0) is 21.6. The van der Waals surface area contributed by atoms with E-state index in [2.05, 4.69) is 34.1 Å². The smallest absolute Gasteiger partial charge is 0.237 e. The van der Waals surface area contributed by atoms with Crippen molar-refractivity contribution in [3.8, 4) is 0 Å². The van der Waals surface area contributed by atoms with Crippen LogP contribution in [0.25, 0.3) is 0 Å². The first-order valence-electron chi connectivity index (χ1n) is 10.7. The average Bonchev–Trinajstić information content (AvgIpc) is 2.82. The maximum Gasteiger partial charge on any atom is 0.237 e. The van der Waals surface area contributed by atoms with Gasteiger partial charge in [0.25, 0.3) is 0 Å². The van der Waals surface area contributed by atoms with Crippen LogP contribution >= 0.6 is 0 Å². The van der Waals surface area contributed by atoms with Gasteiger partial charge in [-0.2, -0.15) is 0 Å². The lowest BCUT2D eigenvalue weighted by Crippen LogP contribution is -2.50. The van der Waals surface area contributed by atoms with Gasteiger partial charge in [0.05, 0.1) is 12.6 Å². The standard InChI is InChI=1S/C26H28FN3O/c1-28(26(21-8-4-2-5-9-21)22-10-6-3-7-11-22)25(31)20-29-16-18-30(19-17-29)24-14-12-23(27)13-15-24/h2-15,26H,16-20H2,1H3. The zero-order valence-electron chi connectivity index (χ0n) is 17.8. The first kappa shape index (κ1) is 21.1. The number of benzene rings is 3. The maximum atomic E-state index is 13.2. The minimum Gasteiger partial charge on any atom is -0.369 e. The lowest BCUT2D eigenvalue weighted by atomic mass is 9.97. The van der Waals surface area contributed by atoms with E-state index < -0.39 is 0 Å². The van der Waals surface area contributed by atoms with E-state index in [1.807, 2.05) is 60.5 Å². The third-order valence-corrected chi connectivity index (χ3v) is 5.93. The van der Waals surface area contributed by atoms with E-state index >= 15 is 0 Å². The fourth-order valence-electron chi connectivity index (χ4n) is 4.17. The molecule has 0 bridgehead atoms. The topological polar surface area (TPSA) is 26.8 Å². The molecule has 3 aromatic carbocycles. The Morgan fingerprint density at radius 3 is 1.87 bits per heavy atom. The van der Waals surface area contributed by atoms with Crippen molar-refractivity contribution in [3.05, 3.63) is 102 Å². The van der Waals surface area contributed by atoms with E-state index in [9.17, 15) is 9.18 Å². The van der Waals surface area contributed by atoms with Crippen molar-refractivity contribution in [2.45, 2.75) is 6.04 Å². The SMILES string of the molecule is CN(C(=O)CN1CCN(c2ccc(F)cc2)CC1)C(c1ccccc1)c1ccccc1. The Morgan fingerprint density at radius 1 is 0.839 bits per heavy atom. The molecule has 31 heavy (non-hydrogen) atoms. The molecule has 0 aliphatic carbocycles. The van der Waals surface area contributed by atoms with Crippen molar-refractivity contribution in [2.75, 3.05) is 44.7 Å². The number of anilines is 1. The van der Waals surface area contributed by atoms with Crippen LogP contribution in [-0.2, 0) is 4.79 Å². The molecule has 0 saturated carbocycles. The van der Waals surface area contributed by atoms with Crippen LogP contribution in [0.2, 0.25) is 0 Å². The van der Waals surface area contributed by atoms with Gasteiger partial charge in [-0.1, -0.05) is 60.7 Å². The number of rotatable bonds is 6. The molecule has 4 nitrogen and oxygen atoms in total. The highest BCUT2D eigenvalue weighted by Crippen LogP contribution is 2.27. The fourth-order valence-corrected chi connectivity index (χ4v) is 4.17. The minimum absolute atomic E-state index is 0.105. The maximum absolute atomic E-state index is 13.2. The molecule has 1 aliphatic heterocycles. The second-order valence-corrected chi connectivity index (χ2v) is 7.97. The Morgan fingerprint density at radius 2 is 1.35 bits per heavy atom. The lowest BCUT2D eigenvalue weighted by molar-refractivity contribution is -0.132. The summed E-state index contributed by atoms with van der Waals surface area (Å²) in [6, 6.07) is 26.8. The van der Waals surface area contributed by atoms with Crippen molar-refractivity contribution >= 4 is 11.6 Å². The summed E-state index contributed by atoms with van der Waals surface area (Å²) in [5.41, 5.74) is 3.23. The highest BCUT2D eigenvalue weighted by atomic mass is 19.1. The Kier molecular flexibility index (Phi) is 6.63. The van der Waals surface area contributed by atoms with Crippen LogP contribution in [0.15, 0.2) is 84.9 Å². The van der Waals surface area contributed by atoms with Crippen LogP contribution in [-0.4, -0.2) is 55.5 Å². The number of nitrogens with zero attached hydrogens (tertiary/aromatic N) is 3. The highest BCUT2D eigenvalue weighted by molar-refractivity contribution is 5.79. The molecule has 1 aliphatic rings.